The Labute approximate surface area is 303 Å². The van der Waals surface area contributed by atoms with Gasteiger partial charge in [0.05, 0.1) is 5.76 Å². The van der Waals surface area contributed by atoms with E-state index in [-0.39, 0.29) is 42.5 Å². The summed E-state index contributed by atoms with van der Waals surface area (Å²) in [4.78, 5) is 15.0. The number of furan rings is 1. The Morgan fingerprint density at radius 3 is 2.16 bits per heavy atom. The van der Waals surface area contributed by atoms with Gasteiger partial charge in [0, 0.05) is 48.8 Å². The van der Waals surface area contributed by atoms with Crippen molar-refractivity contribution < 1.29 is 34.4 Å². The summed E-state index contributed by atoms with van der Waals surface area (Å²) in [6.45, 7) is 12.4. The van der Waals surface area contributed by atoms with Crippen LogP contribution in [0.25, 0.3) is 54.7 Å². The van der Waals surface area contributed by atoms with Crippen LogP contribution >= 0.6 is 0 Å². The Hall–Kier alpha value is -3.79. The second-order valence-corrected chi connectivity index (χ2v) is 15.4. The smallest absolute Gasteiger partial charge is 0.155 e. The van der Waals surface area contributed by atoms with Crippen molar-refractivity contribution in [1.82, 2.24) is 4.98 Å². The minimum absolute atomic E-state index is 0. The van der Waals surface area contributed by atoms with Crippen LogP contribution in [0.4, 0.5) is 0 Å². The van der Waals surface area contributed by atoms with Crippen molar-refractivity contribution in [2.45, 2.75) is 103 Å². The molecule has 1 fully saturated rings. The zero-order chi connectivity index (χ0) is 33.8. The van der Waals surface area contributed by atoms with Crippen LogP contribution in [0.3, 0.4) is 0 Å². The summed E-state index contributed by atoms with van der Waals surface area (Å²) >= 11 is 0. The van der Waals surface area contributed by atoms with Crippen molar-refractivity contribution in [3.05, 3.63) is 101 Å². The van der Waals surface area contributed by atoms with Gasteiger partial charge < -0.3 is 9.52 Å². The fourth-order valence-electron chi connectivity index (χ4n) is 8.15. The molecule has 6 aromatic rings. The van der Waals surface area contributed by atoms with Gasteiger partial charge in [-0.1, -0.05) is 76.1 Å². The Bertz CT molecular complexity index is 2230. The summed E-state index contributed by atoms with van der Waals surface area (Å²) in [5.74, 6) is 0.549. The van der Waals surface area contributed by atoms with E-state index in [2.05, 4.69) is 94.4 Å². The molecule has 1 radical (unpaired) electrons. The van der Waals surface area contributed by atoms with Crippen LogP contribution in [-0.4, -0.2) is 15.9 Å². The topological polar surface area (TPSA) is 63.3 Å². The van der Waals surface area contributed by atoms with Crippen molar-refractivity contribution in [2.75, 3.05) is 0 Å². The zero-order valence-electron chi connectivity index (χ0n) is 29.5. The molecule has 4 nitrogen and oxygen atoms in total. The maximum Gasteiger partial charge on any atom is 0.155 e. The third kappa shape index (κ3) is 6.73. The van der Waals surface area contributed by atoms with E-state index in [0.29, 0.717) is 5.92 Å². The quantitative estimate of drug-likeness (QED) is 0.110. The van der Waals surface area contributed by atoms with Gasteiger partial charge in [-0.25, -0.2) is 0 Å². The third-order valence-electron chi connectivity index (χ3n) is 10.8. The molecule has 5 heteroatoms. The summed E-state index contributed by atoms with van der Waals surface area (Å²) in [7, 11) is 0. The average Bonchev–Trinajstić information content (AvgIpc) is 3.41. The second-order valence-electron chi connectivity index (χ2n) is 15.4. The number of fused-ring (bicyclic) bond motifs is 6. The number of benzene rings is 4. The molecular formula is C44H46IrNO3-. The molecule has 1 N–H and O–H groups in total. The first-order valence-electron chi connectivity index (χ1n) is 17.5. The number of nitrogens with zero attached hydrogens (tertiary/aromatic N) is 1. The number of pyridine rings is 1. The zero-order valence-corrected chi connectivity index (χ0v) is 31.9. The Kier molecular flexibility index (Phi) is 9.65. The predicted octanol–water partition coefficient (Wildman–Crippen LogP) is 12.2. The van der Waals surface area contributed by atoms with Crippen LogP contribution < -0.4 is 0 Å². The Morgan fingerprint density at radius 2 is 1.49 bits per heavy atom. The van der Waals surface area contributed by atoms with Gasteiger partial charge in [-0.3, -0.25) is 9.78 Å². The van der Waals surface area contributed by atoms with Crippen LogP contribution in [0.1, 0.15) is 109 Å². The van der Waals surface area contributed by atoms with Gasteiger partial charge in [0.1, 0.15) is 11.2 Å². The van der Waals surface area contributed by atoms with Crippen LogP contribution in [0, 0.1) is 6.07 Å². The normalized spacial score (nSPS) is 17.4. The molecule has 0 atom stereocenters. The molecule has 0 saturated heterocycles. The predicted molar refractivity (Wildman–Crippen MR) is 199 cm³/mol. The molecule has 0 bridgehead atoms. The molecule has 2 aromatic heterocycles. The fourth-order valence-corrected chi connectivity index (χ4v) is 8.15. The maximum absolute atomic E-state index is 10.0. The molecular weight excluding hydrogens is 783 g/mol. The number of aliphatic hydroxyl groups excluding tert-OH is 1. The van der Waals surface area contributed by atoms with Crippen LogP contribution in [0.15, 0.2) is 83.1 Å². The largest absolute Gasteiger partial charge is 0.512 e. The van der Waals surface area contributed by atoms with Crippen LogP contribution in [0.2, 0.25) is 0 Å². The summed E-state index contributed by atoms with van der Waals surface area (Å²) in [5.41, 5.74) is 8.74. The van der Waals surface area contributed by atoms with E-state index in [0.717, 1.165) is 27.8 Å². The average molecular weight is 829 g/mol. The van der Waals surface area contributed by atoms with E-state index in [1.807, 2.05) is 6.20 Å². The second kappa shape index (κ2) is 13.5. The van der Waals surface area contributed by atoms with Crippen LogP contribution in [0.5, 0.6) is 0 Å². The number of aliphatic hydroxyl groups is 1. The molecule has 49 heavy (non-hydrogen) atoms. The van der Waals surface area contributed by atoms with Gasteiger partial charge in [-0.15, -0.1) is 29.1 Å². The first-order valence-corrected chi connectivity index (χ1v) is 17.5. The summed E-state index contributed by atoms with van der Waals surface area (Å²) in [5, 5.41) is 15.6. The van der Waals surface area contributed by atoms with Gasteiger partial charge in [-0.05, 0) is 109 Å². The van der Waals surface area contributed by atoms with E-state index in [4.69, 9.17) is 14.5 Å². The standard InChI is InChI=1S/C39H38NO.C5H8O2.Ir/c1-38(2)15-16-39(3,4)34-23-36-32(22-33(34)38)31-21-30-26(20-35(31)41-36)14-17-40-37(30)27-18-25-12-8-9-13-28(25)29(19-27)24-10-6-5-7-11-24;1-4(6)3-5(2)7;/h8-9,12-14,17,19-24H,5-7,10-11,15-16H2,1-4H3;3,6H,1-2H3;/q-1;;/b;4-3-;. The van der Waals surface area contributed by atoms with Gasteiger partial charge in [0.25, 0.3) is 0 Å². The maximum atomic E-state index is 10.0. The van der Waals surface area contributed by atoms with Crippen LogP contribution in [-0.2, 0) is 35.7 Å². The first-order chi connectivity index (χ1) is 22.9. The molecule has 0 spiro atoms. The number of hydrogen-bond donors (Lipinski definition) is 1. The van der Waals surface area contributed by atoms with Crippen molar-refractivity contribution >= 4 is 49.3 Å². The number of aromatic nitrogens is 1. The van der Waals surface area contributed by atoms with Gasteiger partial charge in [0.15, 0.2) is 5.78 Å². The van der Waals surface area contributed by atoms with Gasteiger partial charge in [0.2, 0.25) is 0 Å². The van der Waals surface area contributed by atoms with Crippen molar-refractivity contribution in [3.8, 4) is 11.3 Å². The summed E-state index contributed by atoms with van der Waals surface area (Å²) in [6, 6.07) is 26.4. The molecule has 4 aromatic carbocycles. The molecule has 0 unspecified atom stereocenters. The minimum Gasteiger partial charge on any atom is -0.512 e. The Balaban J connectivity index is 0.000000474. The number of carbonyl (C=O) groups is 1. The van der Waals surface area contributed by atoms with E-state index >= 15 is 0 Å². The van der Waals surface area contributed by atoms with Gasteiger partial charge in [-0.2, -0.15) is 0 Å². The van der Waals surface area contributed by atoms with Crippen molar-refractivity contribution in [2.24, 2.45) is 0 Å². The monoisotopic (exact) mass is 829 g/mol. The molecule has 1 saturated carbocycles. The molecule has 255 valence electrons. The molecule has 0 amide bonds. The van der Waals surface area contributed by atoms with E-state index in [1.165, 1.54) is 108 Å². The molecule has 2 heterocycles. The minimum atomic E-state index is -0.125. The molecule has 0 aliphatic heterocycles. The van der Waals surface area contributed by atoms with Gasteiger partial charge >= 0.3 is 0 Å². The number of carbonyl (C=O) groups excluding carboxylic acids is 1. The van der Waals surface area contributed by atoms with E-state index in [9.17, 15) is 4.79 Å². The number of ketones is 1. The van der Waals surface area contributed by atoms with Crippen molar-refractivity contribution in [1.29, 1.82) is 0 Å². The van der Waals surface area contributed by atoms with E-state index in [1.54, 1.807) is 0 Å². The SMILES string of the molecule is CC(=O)/C=C(/C)O.CC1(C)CCC(C)(C)c2cc3c(cc21)oc1cc2ccnc(-c4[c-]c5ccccc5c(C5CCCCC5)c4)c2cc13.[Ir]. The first kappa shape index (κ1) is 35.0. The summed E-state index contributed by atoms with van der Waals surface area (Å²) < 4.78 is 6.56. The number of rotatable bonds is 3. The molecule has 8 rings (SSSR count). The number of allylic oxidation sites excluding steroid dienone is 2. The fraction of sp³-hybridized carbons (Fsp3) is 0.364. The Morgan fingerprint density at radius 1 is 0.837 bits per heavy atom. The number of hydrogen-bond acceptors (Lipinski definition) is 4. The van der Waals surface area contributed by atoms with Crippen molar-refractivity contribution in [3.63, 3.8) is 0 Å². The molecule has 2 aliphatic carbocycles. The third-order valence-corrected chi connectivity index (χ3v) is 10.8. The summed E-state index contributed by atoms with van der Waals surface area (Å²) in [6.07, 6.45) is 12.1. The molecule has 2 aliphatic rings. The van der Waals surface area contributed by atoms with E-state index < -0.39 is 0 Å².